The van der Waals surface area contributed by atoms with Crippen LogP contribution in [0.3, 0.4) is 0 Å². The smallest absolute Gasteiger partial charge is 0.212 e. The molecule has 0 atom stereocenters. The molecule has 50 valence electrons. The minimum Gasteiger partial charge on any atom is -0.397 e. The summed E-state index contributed by atoms with van der Waals surface area (Å²) < 4.78 is 4.59. The summed E-state index contributed by atoms with van der Waals surface area (Å²) in [5.74, 6) is 0. The lowest BCUT2D eigenvalue weighted by atomic mass is 10.4. The van der Waals surface area contributed by atoms with Crippen molar-refractivity contribution in [3.8, 4) is 11.4 Å². The normalized spacial score (nSPS) is 10.4. The van der Waals surface area contributed by atoms with Gasteiger partial charge >= 0.3 is 0 Å². The molecule has 0 radical (unpaired) electrons. The molecule has 1 aliphatic carbocycles. The lowest BCUT2D eigenvalue weighted by Crippen LogP contribution is -1.88. The first-order valence-corrected chi connectivity index (χ1v) is 2.82. The van der Waals surface area contributed by atoms with E-state index >= 15 is 0 Å². The number of hydrogen-bond acceptors (Lipinski definition) is 4. The molecule has 10 heavy (non-hydrogen) atoms. The Hall–Kier alpha value is -1.58. The molecule has 0 saturated carbocycles. The van der Waals surface area contributed by atoms with E-state index in [0.29, 0.717) is 17.1 Å². The summed E-state index contributed by atoms with van der Waals surface area (Å²) in [7, 11) is 0. The zero-order valence-electron chi connectivity index (χ0n) is 5.11. The van der Waals surface area contributed by atoms with E-state index in [0.717, 1.165) is 0 Å². The largest absolute Gasteiger partial charge is 0.397 e. The van der Waals surface area contributed by atoms with Gasteiger partial charge in [-0.15, -0.1) is 0 Å². The summed E-state index contributed by atoms with van der Waals surface area (Å²) in [6.45, 7) is 0. The van der Waals surface area contributed by atoms with Crippen LogP contribution in [0.4, 0.5) is 5.69 Å². The highest BCUT2D eigenvalue weighted by atomic mass is 16.5. The summed E-state index contributed by atoms with van der Waals surface area (Å²) in [6.07, 6.45) is 1.26. The van der Waals surface area contributed by atoms with E-state index in [1.807, 2.05) is 0 Å². The number of nitrogens with two attached hydrogens (primary N) is 1. The van der Waals surface area contributed by atoms with Gasteiger partial charge in [0, 0.05) is 0 Å². The second kappa shape index (κ2) is 1.70. The molecule has 0 aromatic carbocycles. The Morgan fingerprint density at radius 3 is 3.10 bits per heavy atom. The third-order valence-corrected chi connectivity index (χ3v) is 1.32. The maximum absolute atomic E-state index is 5.53. The van der Waals surface area contributed by atoms with E-state index in [1.54, 1.807) is 12.1 Å². The van der Waals surface area contributed by atoms with E-state index in [2.05, 4.69) is 14.7 Å². The number of anilines is 1. The predicted molar refractivity (Wildman–Crippen MR) is 35.3 cm³/mol. The van der Waals surface area contributed by atoms with Crippen LogP contribution in [0.1, 0.15) is 0 Å². The van der Waals surface area contributed by atoms with Gasteiger partial charge in [0.1, 0.15) is 11.4 Å². The van der Waals surface area contributed by atoms with Crippen molar-refractivity contribution in [3.05, 3.63) is 18.5 Å². The van der Waals surface area contributed by atoms with Crippen LogP contribution in [0, 0.1) is 0 Å². The lowest BCUT2D eigenvalue weighted by molar-refractivity contribution is 0.387. The fourth-order valence-corrected chi connectivity index (χ4v) is 0.845. The summed E-state index contributed by atoms with van der Waals surface area (Å²) in [4.78, 5) is 3.89. The van der Waals surface area contributed by atoms with Gasteiger partial charge in [-0.3, -0.25) is 0 Å². The van der Waals surface area contributed by atoms with Crippen molar-refractivity contribution in [1.29, 1.82) is 0 Å². The van der Waals surface area contributed by atoms with Crippen molar-refractivity contribution in [3.63, 3.8) is 0 Å². The zero-order valence-corrected chi connectivity index (χ0v) is 5.11. The molecule has 0 aromatic heterocycles. The maximum Gasteiger partial charge on any atom is 0.212 e. The maximum atomic E-state index is 5.53. The van der Waals surface area contributed by atoms with Crippen molar-refractivity contribution in [2.24, 2.45) is 0 Å². The molecule has 0 aromatic rings. The highest BCUT2D eigenvalue weighted by molar-refractivity contribution is 5.72. The monoisotopic (exact) mass is 135 g/mol. The van der Waals surface area contributed by atoms with Crippen LogP contribution in [0.25, 0.3) is 11.4 Å². The molecule has 2 rings (SSSR count). The summed E-state index contributed by atoms with van der Waals surface area (Å²) in [5, 5.41) is 3.68. The second-order valence-electron chi connectivity index (χ2n) is 1.95. The Morgan fingerprint density at radius 1 is 1.40 bits per heavy atom. The molecular weight excluding hydrogens is 130 g/mol. The average Bonchev–Trinajstić information content (AvgIpc) is 2.34. The Morgan fingerprint density at radius 2 is 2.30 bits per heavy atom. The summed E-state index contributed by atoms with van der Waals surface area (Å²) in [6, 6.07) is 3.52. The molecule has 4 heteroatoms. The molecule has 2 aliphatic rings. The van der Waals surface area contributed by atoms with Crippen LogP contribution in [0.15, 0.2) is 23.0 Å². The third-order valence-electron chi connectivity index (χ3n) is 1.32. The number of nitrogens with zero attached hydrogens (tertiary/aromatic N) is 2. The van der Waals surface area contributed by atoms with Gasteiger partial charge in [-0.05, 0) is 12.1 Å². The molecule has 0 spiro atoms. The molecule has 0 bridgehead atoms. The molecule has 0 unspecified atom stereocenters. The molecule has 0 fully saturated rings. The third kappa shape index (κ3) is 0.556. The molecule has 0 saturated heterocycles. The number of nitrogen functional groups attached to an aromatic ring is 1. The number of rotatable bonds is 0. The fraction of sp³-hybridized carbons (Fsp3) is 0. The van der Waals surface area contributed by atoms with Crippen LogP contribution in [0.5, 0.6) is 0 Å². The summed E-state index contributed by atoms with van der Waals surface area (Å²) >= 11 is 0. The van der Waals surface area contributed by atoms with Gasteiger partial charge in [-0.2, -0.15) is 0 Å². The van der Waals surface area contributed by atoms with E-state index in [1.165, 1.54) is 6.39 Å². The first kappa shape index (κ1) is 5.22. The van der Waals surface area contributed by atoms with Crippen molar-refractivity contribution in [1.82, 2.24) is 10.1 Å². The van der Waals surface area contributed by atoms with Crippen molar-refractivity contribution >= 4 is 5.69 Å². The van der Waals surface area contributed by atoms with Crippen LogP contribution in [-0.2, 0) is 0 Å². The number of hydrogen-bond donors (Lipinski definition) is 1. The van der Waals surface area contributed by atoms with Gasteiger partial charge in [0.05, 0.1) is 5.69 Å². The molecular formula is C6H5N3O. The second-order valence-corrected chi connectivity index (χ2v) is 1.95. The van der Waals surface area contributed by atoms with Gasteiger partial charge in [0.15, 0.2) is 0 Å². The first-order chi connectivity index (χ1) is 4.88. The number of fused-ring (bicyclic) bond motifs is 1. The van der Waals surface area contributed by atoms with E-state index in [9.17, 15) is 0 Å². The van der Waals surface area contributed by atoms with Gasteiger partial charge in [0.25, 0.3) is 0 Å². The van der Waals surface area contributed by atoms with Gasteiger partial charge in [-0.25, -0.2) is 4.98 Å². The zero-order chi connectivity index (χ0) is 6.97. The lowest BCUT2D eigenvalue weighted by Gasteiger charge is -1.92. The average molecular weight is 135 g/mol. The molecule has 0 amide bonds. The van der Waals surface area contributed by atoms with Crippen LogP contribution in [-0.4, -0.2) is 10.1 Å². The number of aromatic nitrogens is 2. The van der Waals surface area contributed by atoms with Crippen LogP contribution in [0.2, 0.25) is 0 Å². The molecule has 1 aliphatic heterocycles. The Kier molecular flexibility index (Phi) is 0.887. The fourth-order valence-electron chi connectivity index (χ4n) is 0.845. The van der Waals surface area contributed by atoms with E-state index in [4.69, 9.17) is 5.73 Å². The Labute approximate surface area is 57.0 Å². The molecule has 2 N–H and O–H groups in total. The summed E-state index contributed by atoms with van der Waals surface area (Å²) in [5.41, 5.74) is 7.56. The first-order valence-electron chi connectivity index (χ1n) is 2.82. The minimum atomic E-state index is 0.637. The SMILES string of the molecule is Nc1ccc2nocnc1-2. The molecule has 1 heterocycles. The van der Waals surface area contributed by atoms with Crippen LogP contribution < -0.4 is 5.73 Å². The highest BCUT2D eigenvalue weighted by Crippen LogP contribution is 2.23. The highest BCUT2D eigenvalue weighted by Gasteiger charge is 2.08. The topological polar surface area (TPSA) is 64.9 Å². The van der Waals surface area contributed by atoms with Crippen molar-refractivity contribution in [2.75, 3.05) is 5.73 Å². The van der Waals surface area contributed by atoms with E-state index < -0.39 is 0 Å². The van der Waals surface area contributed by atoms with Gasteiger partial charge in [0.2, 0.25) is 6.39 Å². The van der Waals surface area contributed by atoms with Gasteiger partial charge < -0.3 is 10.3 Å². The Balaban J connectivity index is 2.78. The molecule has 4 nitrogen and oxygen atoms in total. The predicted octanol–water partition coefficient (Wildman–Crippen LogP) is 0.757. The van der Waals surface area contributed by atoms with Crippen molar-refractivity contribution < 1.29 is 4.52 Å². The van der Waals surface area contributed by atoms with E-state index in [-0.39, 0.29) is 0 Å². The van der Waals surface area contributed by atoms with Crippen molar-refractivity contribution in [2.45, 2.75) is 0 Å². The van der Waals surface area contributed by atoms with Gasteiger partial charge in [-0.1, -0.05) is 5.16 Å². The quantitative estimate of drug-likeness (QED) is 0.579. The Bertz CT molecular complexity index is 317. The standard InChI is InChI=1S/C6H5N3O/c7-4-1-2-5-6(4)8-3-10-9-5/h1-3H,7H2. The van der Waals surface area contributed by atoms with Crippen LogP contribution >= 0.6 is 0 Å². The minimum absolute atomic E-state index is 0.637.